The summed E-state index contributed by atoms with van der Waals surface area (Å²) in [6.45, 7) is 0.579. The van der Waals surface area contributed by atoms with Crippen LogP contribution in [-0.4, -0.2) is 10.2 Å². The summed E-state index contributed by atoms with van der Waals surface area (Å²) in [6.07, 6.45) is 1.67. The lowest BCUT2D eigenvalue weighted by Crippen LogP contribution is -2.03. The van der Waals surface area contributed by atoms with Gasteiger partial charge in [0.1, 0.15) is 5.82 Å². The van der Waals surface area contributed by atoms with Crippen LogP contribution in [-0.2, 0) is 6.54 Å². The van der Waals surface area contributed by atoms with Crippen LogP contribution >= 0.6 is 0 Å². The standard InChI is InChI=1S/C10H11FN4/c11-7-1-2-10(9(12)5-7)13-6-8-3-4-14-15-8/h1-5,13H,6,12H2,(H,14,15). The molecule has 4 N–H and O–H groups in total. The minimum atomic E-state index is -0.334. The van der Waals surface area contributed by atoms with Crippen molar-refractivity contribution in [1.29, 1.82) is 0 Å². The van der Waals surface area contributed by atoms with Crippen molar-refractivity contribution in [3.63, 3.8) is 0 Å². The molecule has 0 saturated heterocycles. The average Bonchev–Trinajstić information content (AvgIpc) is 2.69. The van der Waals surface area contributed by atoms with Crippen LogP contribution < -0.4 is 11.1 Å². The fraction of sp³-hybridized carbons (Fsp3) is 0.100. The molecule has 1 heterocycles. The minimum Gasteiger partial charge on any atom is -0.397 e. The highest BCUT2D eigenvalue weighted by atomic mass is 19.1. The number of hydrogen-bond acceptors (Lipinski definition) is 3. The van der Waals surface area contributed by atoms with Gasteiger partial charge in [0.15, 0.2) is 0 Å². The Labute approximate surface area is 86.3 Å². The topological polar surface area (TPSA) is 66.7 Å². The molecular weight excluding hydrogens is 195 g/mol. The van der Waals surface area contributed by atoms with Gasteiger partial charge in [-0.15, -0.1) is 0 Å². The van der Waals surface area contributed by atoms with Crippen LogP contribution in [0.4, 0.5) is 15.8 Å². The third kappa shape index (κ3) is 2.25. The maximum Gasteiger partial charge on any atom is 0.125 e. The normalized spacial score (nSPS) is 10.2. The molecule has 1 aromatic heterocycles. The first-order chi connectivity index (χ1) is 7.25. The van der Waals surface area contributed by atoms with Crippen molar-refractivity contribution in [2.24, 2.45) is 0 Å². The number of hydrogen-bond donors (Lipinski definition) is 3. The Morgan fingerprint density at radius 2 is 2.27 bits per heavy atom. The molecule has 0 aliphatic rings. The van der Waals surface area contributed by atoms with Gasteiger partial charge in [-0.3, -0.25) is 5.10 Å². The first-order valence-electron chi connectivity index (χ1n) is 4.53. The zero-order valence-electron chi connectivity index (χ0n) is 8.00. The molecule has 0 bridgehead atoms. The van der Waals surface area contributed by atoms with Crippen LogP contribution in [0.3, 0.4) is 0 Å². The monoisotopic (exact) mass is 206 g/mol. The molecule has 0 saturated carbocycles. The molecule has 15 heavy (non-hydrogen) atoms. The largest absolute Gasteiger partial charge is 0.397 e. The van der Waals surface area contributed by atoms with Gasteiger partial charge in [-0.1, -0.05) is 0 Å². The third-order valence-corrected chi connectivity index (χ3v) is 2.04. The summed E-state index contributed by atoms with van der Waals surface area (Å²) in [7, 11) is 0. The Morgan fingerprint density at radius 3 is 2.93 bits per heavy atom. The molecule has 0 amide bonds. The van der Waals surface area contributed by atoms with Crippen molar-refractivity contribution < 1.29 is 4.39 Å². The maximum absolute atomic E-state index is 12.7. The van der Waals surface area contributed by atoms with E-state index in [1.165, 1.54) is 12.1 Å². The highest BCUT2D eigenvalue weighted by molar-refractivity contribution is 5.65. The predicted octanol–water partition coefficient (Wildman–Crippen LogP) is 1.74. The van der Waals surface area contributed by atoms with Crippen molar-refractivity contribution in [3.05, 3.63) is 42.0 Å². The Kier molecular flexibility index (Phi) is 2.53. The molecule has 0 spiro atoms. The zero-order valence-corrected chi connectivity index (χ0v) is 8.00. The first-order valence-corrected chi connectivity index (χ1v) is 4.53. The summed E-state index contributed by atoms with van der Waals surface area (Å²) in [5.41, 5.74) is 7.69. The summed E-state index contributed by atoms with van der Waals surface area (Å²) in [5, 5.41) is 9.71. The van der Waals surface area contributed by atoms with Crippen LogP contribution in [0.5, 0.6) is 0 Å². The average molecular weight is 206 g/mol. The van der Waals surface area contributed by atoms with Crippen LogP contribution in [0.25, 0.3) is 0 Å². The van der Waals surface area contributed by atoms with Crippen molar-refractivity contribution >= 4 is 11.4 Å². The molecule has 0 radical (unpaired) electrons. The molecule has 0 atom stereocenters. The van der Waals surface area contributed by atoms with Crippen molar-refractivity contribution in [3.8, 4) is 0 Å². The number of nitrogens with one attached hydrogen (secondary N) is 2. The second-order valence-corrected chi connectivity index (χ2v) is 3.17. The summed E-state index contributed by atoms with van der Waals surface area (Å²) in [4.78, 5) is 0. The molecule has 5 heteroatoms. The quantitative estimate of drug-likeness (QED) is 0.670. The van der Waals surface area contributed by atoms with E-state index < -0.39 is 0 Å². The summed E-state index contributed by atoms with van der Waals surface area (Å²) in [5.74, 6) is -0.334. The van der Waals surface area contributed by atoms with Gasteiger partial charge in [0, 0.05) is 6.20 Å². The van der Waals surface area contributed by atoms with E-state index >= 15 is 0 Å². The molecule has 2 aromatic rings. The fourth-order valence-electron chi connectivity index (χ4n) is 1.27. The summed E-state index contributed by atoms with van der Waals surface area (Å²) >= 11 is 0. The number of anilines is 2. The van der Waals surface area contributed by atoms with Crippen molar-refractivity contribution in [2.45, 2.75) is 6.54 Å². The van der Waals surface area contributed by atoms with Gasteiger partial charge in [-0.05, 0) is 24.3 Å². The van der Waals surface area contributed by atoms with Gasteiger partial charge in [-0.25, -0.2) is 4.39 Å². The Balaban J connectivity index is 2.05. The van der Waals surface area contributed by atoms with E-state index in [9.17, 15) is 4.39 Å². The number of nitrogens with two attached hydrogens (primary N) is 1. The van der Waals surface area contributed by atoms with Crippen LogP contribution in [0.2, 0.25) is 0 Å². The van der Waals surface area contributed by atoms with E-state index in [-0.39, 0.29) is 5.82 Å². The van der Waals surface area contributed by atoms with Gasteiger partial charge in [-0.2, -0.15) is 5.10 Å². The van der Waals surface area contributed by atoms with Crippen molar-refractivity contribution in [1.82, 2.24) is 10.2 Å². The van der Waals surface area contributed by atoms with E-state index in [1.54, 1.807) is 12.3 Å². The molecule has 4 nitrogen and oxygen atoms in total. The van der Waals surface area contributed by atoms with Gasteiger partial charge in [0.25, 0.3) is 0 Å². The van der Waals surface area contributed by atoms with Gasteiger partial charge in [0.05, 0.1) is 23.6 Å². The SMILES string of the molecule is Nc1cc(F)ccc1NCc1ccn[nH]1. The lowest BCUT2D eigenvalue weighted by molar-refractivity contribution is 0.628. The molecule has 78 valence electrons. The Bertz CT molecular complexity index is 439. The summed E-state index contributed by atoms with van der Waals surface area (Å²) in [6, 6.07) is 6.12. The Hall–Kier alpha value is -2.04. The number of halogens is 1. The zero-order chi connectivity index (χ0) is 10.7. The highest BCUT2D eigenvalue weighted by Gasteiger charge is 2.00. The lowest BCUT2D eigenvalue weighted by atomic mass is 10.2. The van der Waals surface area contributed by atoms with E-state index in [2.05, 4.69) is 15.5 Å². The number of nitrogens with zero attached hydrogens (tertiary/aromatic N) is 1. The van der Waals surface area contributed by atoms with E-state index in [4.69, 9.17) is 5.73 Å². The molecule has 0 fully saturated rings. The molecule has 0 unspecified atom stereocenters. The molecule has 0 aliphatic heterocycles. The number of benzene rings is 1. The lowest BCUT2D eigenvalue weighted by Gasteiger charge is -2.07. The maximum atomic E-state index is 12.7. The number of rotatable bonds is 3. The van der Waals surface area contributed by atoms with Crippen LogP contribution in [0.1, 0.15) is 5.69 Å². The van der Waals surface area contributed by atoms with Crippen molar-refractivity contribution in [2.75, 3.05) is 11.1 Å². The highest BCUT2D eigenvalue weighted by Crippen LogP contribution is 2.19. The summed E-state index contributed by atoms with van der Waals surface area (Å²) < 4.78 is 12.7. The third-order valence-electron chi connectivity index (χ3n) is 2.04. The van der Waals surface area contributed by atoms with Crippen LogP contribution in [0.15, 0.2) is 30.5 Å². The molecule has 0 aliphatic carbocycles. The minimum absolute atomic E-state index is 0.334. The van der Waals surface area contributed by atoms with Gasteiger partial charge in [0.2, 0.25) is 0 Å². The van der Waals surface area contributed by atoms with Gasteiger partial charge < -0.3 is 11.1 Å². The van der Waals surface area contributed by atoms with Crippen LogP contribution in [0, 0.1) is 5.82 Å². The molecular formula is C10H11FN4. The smallest absolute Gasteiger partial charge is 0.125 e. The second kappa shape index (κ2) is 4.00. The Morgan fingerprint density at radius 1 is 1.40 bits per heavy atom. The first kappa shape index (κ1) is 9.51. The van der Waals surface area contributed by atoms with E-state index in [0.29, 0.717) is 17.9 Å². The fourth-order valence-corrected chi connectivity index (χ4v) is 1.27. The number of H-pyrrole nitrogens is 1. The number of aromatic nitrogens is 2. The molecule has 2 rings (SSSR count). The predicted molar refractivity (Wildman–Crippen MR) is 56.7 cm³/mol. The molecule has 1 aromatic carbocycles. The second-order valence-electron chi connectivity index (χ2n) is 3.17. The number of nitrogen functional groups attached to an aromatic ring is 1. The van der Waals surface area contributed by atoms with E-state index in [1.807, 2.05) is 6.07 Å². The number of aromatic amines is 1. The van der Waals surface area contributed by atoms with E-state index in [0.717, 1.165) is 5.69 Å². The van der Waals surface area contributed by atoms with Gasteiger partial charge >= 0.3 is 0 Å².